The van der Waals surface area contributed by atoms with Crippen molar-refractivity contribution in [3.63, 3.8) is 0 Å². The van der Waals surface area contributed by atoms with Gasteiger partial charge in [-0.15, -0.1) is 0 Å². The van der Waals surface area contributed by atoms with Crippen LogP contribution in [0.4, 0.5) is 0 Å². The van der Waals surface area contributed by atoms with E-state index >= 15 is 0 Å². The van der Waals surface area contributed by atoms with Crippen LogP contribution in [0.3, 0.4) is 0 Å². The summed E-state index contributed by atoms with van der Waals surface area (Å²) in [5, 5.41) is 0. The van der Waals surface area contributed by atoms with Gasteiger partial charge in [0.2, 0.25) is 0 Å². The van der Waals surface area contributed by atoms with Crippen LogP contribution in [-0.2, 0) is 0 Å². The summed E-state index contributed by atoms with van der Waals surface area (Å²) in [6.07, 6.45) is 9.04. The molecule has 106 valence electrons. The van der Waals surface area contributed by atoms with Crippen LogP contribution < -0.4 is 5.73 Å². The van der Waals surface area contributed by atoms with Gasteiger partial charge in [-0.3, -0.25) is 0 Å². The Labute approximate surface area is 110 Å². The third-order valence-corrected chi connectivity index (χ3v) is 2.68. The molecule has 0 atom stereocenters. The van der Waals surface area contributed by atoms with Crippen molar-refractivity contribution < 1.29 is 0 Å². The second-order valence-electron chi connectivity index (χ2n) is 4.69. The molecule has 2 heteroatoms. The first-order valence-corrected chi connectivity index (χ1v) is 7.69. The van der Waals surface area contributed by atoms with Crippen LogP contribution in [0, 0.1) is 0 Å². The van der Waals surface area contributed by atoms with Gasteiger partial charge in [0.05, 0.1) is 0 Å². The van der Waals surface area contributed by atoms with Gasteiger partial charge in [-0.1, -0.05) is 47.0 Å². The first-order valence-electron chi connectivity index (χ1n) is 7.69. The lowest BCUT2D eigenvalue weighted by Crippen LogP contribution is -2.25. The number of nitrogens with two attached hydrogens (primary N) is 1. The minimum absolute atomic E-state index is 0.861. The molecule has 17 heavy (non-hydrogen) atoms. The maximum atomic E-state index is 5.27. The molecule has 0 aromatic heterocycles. The van der Waals surface area contributed by atoms with Crippen molar-refractivity contribution in [1.82, 2.24) is 4.90 Å². The van der Waals surface area contributed by atoms with Crippen LogP contribution in [0.5, 0.6) is 0 Å². The smallest absolute Gasteiger partial charge is 0.00214 e. The molecule has 0 aromatic carbocycles. The van der Waals surface area contributed by atoms with Gasteiger partial charge in [-0.05, 0) is 51.9 Å². The fourth-order valence-electron chi connectivity index (χ4n) is 1.86. The Morgan fingerprint density at radius 2 is 1.12 bits per heavy atom. The van der Waals surface area contributed by atoms with Crippen LogP contribution in [-0.4, -0.2) is 31.1 Å². The molecule has 0 aliphatic rings. The Kier molecular flexibility index (Phi) is 20.7. The van der Waals surface area contributed by atoms with E-state index in [1.807, 2.05) is 0 Å². The molecule has 0 radical (unpaired) electrons. The molecule has 0 saturated carbocycles. The maximum absolute atomic E-state index is 5.27. The van der Waals surface area contributed by atoms with Crippen LogP contribution in [0.25, 0.3) is 0 Å². The van der Waals surface area contributed by atoms with Gasteiger partial charge in [0.25, 0.3) is 0 Å². The van der Waals surface area contributed by atoms with Crippen molar-refractivity contribution in [3.05, 3.63) is 0 Å². The monoisotopic (exact) mass is 244 g/mol. The molecule has 0 aliphatic carbocycles. The predicted octanol–water partition coefficient (Wildman–Crippen LogP) is 4.04. The summed E-state index contributed by atoms with van der Waals surface area (Å²) in [7, 11) is 0. The Bertz CT molecular complexity index is 97.2. The van der Waals surface area contributed by atoms with E-state index in [-0.39, 0.29) is 0 Å². The molecule has 0 aromatic rings. The molecule has 0 bridgehead atoms. The first kappa shape index (κ1) is 19.3. The molecule has 0 aliphatic heterocycles. The largest absolute Gasteiger partial charge is 0.330 e. The topological polar surface area (TPSA) is 29.3 Å². The van der Waals surface area contributed by atoms with Crippen molar-refractivity contribution in [2.45, 2.75) is 72.6 Å². The molecule has 2 N–H and O–H groups in total. The normalized spacial score (nSPS) is 10.2. The second kappa shape index (κ2) is 18.3. The molecule has 0 spiro atoms. The van der Waals surface area contributed by atoms with E-state index in [1.165, 1.54) is 64.6 Å². The molecule has 0 fully saturated rings. The standard InChI is InChI=1S/C9H21N.C6H15N/c1-4-7-10(8-5-2)9-6-3;1-2-3-4-5-6-7/h4-9H2,1-3H3;2-7H2,1H3. The third-order valence-electron chi connectivity index (χ3n) is 2.68. The molecule has 0 saturated heterocycles. The summed E-state index contributed by atoms with van der Waals surface area (Å²) in [5.74, 6) is 0. The Hall–Kier alpha value is -0.0800. The molecule has 0 heterocycles. The highest BCUT2D eigenvalue weighted by Gasteiger charge is 1.98. The summed E-state index contributed by atoms with van der Waals surface area (Å²) >= 11 is 0. The minimum Gasteiger partial charge on any atom is -0.330 e. The SMILES string of the molecule is CCCCCCN.CCCN(CCC)CCC. The van der Waals surface area contributed by atoms with E-state index in [4.69, 9.17) is 5.73 Å². The summed E-state index contributed by atoms with van der Waals surface area (Å²) in [5.41, 5.74) is 5.27. The van der Waals surface area contributed by atoms with E-state index in [9.17, 15) is 0 Å². The molecular weight excluding hydrogens is 208 g/mol. The second-order valence-corrected chi connectivity index (χ2v) is 4.69. The fourth-order valence-corrected chi connectivity index (χ4v) is 1.86. The Balaban J connectivity index is 0. The zero-order valence-electron chi connectivity index (χ0n) is 12.8. The average Bonchev–Trinajstić information content (AvgIpc) is 2.32. The van der Waals surface area contributed by atoms with E-state index in [2.05, 4.69) is 32.6 Å². The lowest BCUT2D eigenvalue weighted by Gasteiger charge is -2.19. The molecular formula is C15H36N2. The highest BCUT2D eigenvalue weighted by atomic mass is 15.1. The number of hydrogen-bond donors (Lipinski definition) is 1. The highest BCUT2D eigenvalue weighted by Crippen LogP contribution is 1.95. The highest BCUT2D eigenvalue weighted by molar-refractivity contribution is 4.53. The lowest BCUT2D eigenvalue weighted by atomic mass is 10.2. The van der Waals surface area contributed by atoms with Gasteiger partial charge in [0.15, 0.2) is 0 Å². The number of rotatable bonds is 10. The van der Waals surface area contributed by atoms with Crippen molar-refractivity contribution in [1.29, 1.82) is 0 Å². The van der Waals surface area contributed by atoms with Crippen LogP contribution in [0.15, 0.2) is 0 Å². The lowest BCUT2D eigenvalue weighted by molar-refractivity contribution is 0.275. The van der Waals surface area contributed by atoms with E-state index in [0.29, 0.717) is 0 Å². The quantitative estimate of drug-likeness (QED) is 0.588. The zero-order chi connectivity index (χ0) is 13.4. The fraction of sp³-hybridized carbons (Fsp3) is 1.00. The number of nitrogens with zero attached hydrogens (tertiary/aromatic N) is 1. The third kappa shape index (κ3) is 18.5. The number of hydrogen-bond acceptors (Lipinski definition) is 2. The van der Waals surface area contributed by atoms with Crippen molar-refractivity contribution in [2.24, 2.45) is 5.73 Å². The first-order chi connectivity index (χ1) is 8.26. The van der Waals surface area contributed by atoms with Crippen LogP contribution >= 0.6 is 0 Å². The number of unbranched alkanes of at least 4 members (excludes halogenated alkanes) is 3. The van der Waals surface area contributed by atoms with Crippen molar-refractivity contribution >= 4 is 0 Å². The van der Waals surface area contributed by atoms with Gasteiger partial charge in [-0.25, -0.2) is 0 Å². The molecule has 0 unspecified atom stereocenters. The maximum Gasteiger partial charge on any atom is -0.00214 e. The van der Waals surface area contributed by atoms with Gasteiger partial charge >= 0.3 is 0 Å². The van der Waals surface area contributed by atoms with Gasteiger partial charge in [0, 0.05) is 0 Å². The Morgan fingerprint density at radius 1 is 0.647 bits per heavy atom. The van der Waals surface area contributed by atoms with Crippen molar-refractivity contribution in [2.75, 3.05) is 26.2 Å². The zero-order valence-corrected chi connectivity index (χ0v) is 12.8. The van der Waals surface area contributed by atoms with Crippen LogP contribution in [0.1, 0.15) is 72.6 Å². The van der Waals surface area contributed by atoms with E-state index in [0.717, 1.165) is 6.54 Å². The average molecular weight is 244 g/mol. The van der Waals surface area contributed by atoms with Gasteiger partial charge in [0.1, 0.15) is 0 Å². The summed E-state index contributed by atoms with van der Waals surface area (Å²) in [6.45, 7) is 13.6. The molecule has 0 amide bonds. The molecule has 0 rings (SSSR count). The molecule has 2 nitrogen and oxygen atoms in total. The van der Waals surface area contributed by atoms with Crippen molar-refractivity contribution in [3.8, 4) is 0 Å². The minimum atomic E-state index is 0.861. The van der Waals surface area contributed by atoms with E-state index in [1.54, 1.807) is 0 Å². The van der Waals surface area contributed by atoms with E-state index < -0.39 is 0 Å². The predicted molar refractivity (Wildman–Crippen MR) is 80.5 cm³/mol. The summed E-state index contributed by atoms with van der Waals surface area (Å²) in [6, 6.07) is 0. The summed E-state index contributed by atoms with van der Waals surface area (Å²) in [4.78, 5) is 2.54. The van der Waals surface area contributed by atoms with Gasteiger partial charge < -0.3 is 10.6 Å². The van der Waals surface area contributed by atoms with Gasteiger partial charge in [-0.2, -0.15) is 0 Å². The Morgan fingerprint density at radius 3 is 1.41 bits per heavy atom. The van der Waals surface area contributed by atoms with Crippen LogP contribution in [0.2, 0.25) is 0 Å². The summed E-state index contributed by atoms with van der Waals surface area (Å²) < 4.78 is 0.